The minimum atomic E-state index is -0.426. The van der Waals surface area contributed by atoms with Gasteiger partial charge in [0.05, 0.1) is 16.8 Å². The van der Waals surface area contributed by atoms with E-state index in [1.165, 1.54) is 18.3 Å². The van der Waals surface area contributed by atoms with E-state index in [2.05, 4.69) is 10.5 Å². The lowest BCUT2D eigenvalue weighted by atomic mass is 10.1. The first kappa shape index (κ1) is 16.3. The van der Waals surface area contributed by atoms with Gasteiger partial charge in [0.2, 0.25) is 0 Å². The van der Waals surface area contributed by atoms with Crippen LogP contribution in [0.5, 0.6) is 5.75 Å². The van der Waals surface area contributed by atoms with Crippen LogP contribution in [0.3, 0.4) is 0 Å². The maximum atomic E-state index is 12.0. The fourth-order valence-electron chi connectivity index (χ4n) is 1.96. The number of aryl methyl sites for hydroxylation is 2. The Labute approximate surface area is 138 Å². The number of hydrogen-bond acceptors (Lipinski definition) is 3. The molecule has 6 heteroatoms. The molecule has 22 heavy (non-hydrogen) atoms. The molecule has 0 aliphatic rings. The average molecular weight is 337 g/mol. The molecule has 2 N–H and O–H groups in total. The quantitative estimate of drug-likeness (QED) is 0.655. The lowest BCUT2D eigenvalue weighted by molar-refractivity contribution is 0.0955. The standard InChI is InChI=1S/C16H14Cl2N2O2/c1-9-5-11(6-10(2)15(9)21)8-19-20-16(22)13-4-3-12(17)7-14(13)18/h3-8,21H,1-2H3,(H,20,22)/b19-8-. The van der Waals surface area contributed by atoms with Crippen LogP contribution in [-0.2, 0) is 0 Å². The summed E-state index contributed by atoms with van der Waals surface area (Å²) < 4.78 is 0. The highest BCUT2D eigenvalue weighted by Crippen LogP contribution is 2.22. The van der Waals surface area contributed by atoms with Crippen LogP contribution in [0, 0.1) is 13.8 Å². The maximum absolute atomic E-state index is 12.0. The highest BCUT2D eigenvalue weighted by atomic mass is 35.5. The Morgan fingerprint density at radius 3 is 2.41 bits per heavy atom. The molecule has 0 spiro atoms. The first-order valence-corrected chi connectivity index (χ1v) is 7.22. The molecule has 4 nitrogen and oxygen atoms in total. The van der Waals surface area contributed by atoms with Crippen LogP contribution in [0.4, 0.5) is 0 Å². The van der Waals surface area contributed by atoms with Gasteiger partial charge in [-0.2, -0.15) is 5.10 Å². The molecule has 2 rings (SSSR count). The predicted molar refractivity (Wildman–Crippen MR) is 89.1 cm³/mol. The molecule has 0 bridgehead atoms. The van der Waals surface area contributed by atoms with E-state index in [0.29, 0.717) is 10.6 Å². The number of phenols is 1. The molecule has 0 heterocycles. The number of amides is 1. The second-order valence-corrected chi connectivity index (χ2v) is 5.67. The van der Waals surface area contributed by atoms with Gasteiger partial charge >= 0.3 is 0 Å². The summed E-state index contributed by atoms with van der Waals surface area (Å²) in [6.45, 7) is 3.59. The molecule has 0 aromatic heterocycles. The number of rotatable bonds is 3. The molecule has 0 radical (unpaired) electrons. The van der Waals surface area contributed by atoms with Crippen molar-refractivity contribution in [2.45, 2.75) is 13.8 Å². The van der Waals surface area contributed by atoms with Gasteiger partial charge in [-0.1, -0.05) is 23.2 Å². The number of carbonyl (C=O) groups is 1. The Morgan fingerprint density at radius 2 is 1.82 bits per heavy atom. The van der Waals surface area contributed by atoms with Gasteiger partial charge in [-0.25, -0.2) is 5.43 Å². The lowest BCUT2D eigenvalue weighted by Crippen LogP contribution is -2.18. The molecule has 0 saturated heterocycles. The van der Waals surface area contributed by atoms with Crippen LogP contribution in [0.1, 0.15) is 27.0 Å². The third-order valence-corrected chi connectivity index (χ3v) is 3.62. The molecule has 0 aliphatic heterocycles. The molecule has 0 saturated carbocycles. The fraction of sp³-hybridized carbons (Fsp3) is 0.125. The summed E-state index contributed by atoms with van der Waals surface area (Å²) in [4.78, 5) is 12.0. The highest BCUT2D eigenvalue weighted by Gasteiger charge is 2.09. The zero-order chi connectivity index (χ0) is 16.3. The van der Waals surface area contributed by atoms with Gasteiger partial charge in [-0.15, -0.1) is 0 Å². The van der Waals surface area contributed by atoms with Crippen molar-refractivity contribution in [1.29, 1.82) is 0 Å². The SMILES string of the molecule is Cc1cc(/C=N\NC(=O)c2ccc(Cl)cc2Cl)cc(C)c1O. The van der Waals surface area contributed by atoms with E-state index in [4.69, 9.17) is 23.2 Å². The van der Waals surface area contributed by atoms with Crippen molar-refractivity contribution in [2.75, 3.05) is 0 Å². The summed E-state index contributed by atoms with van der Waals surface area (Å²) in [7, 11) is 0. The van der Waals surface area contributed by atoms with E-state index in [9.17, 15) is 9.90 Å². The summed E-state index contributed by atoms with van der Waals surface area (Å²) in [5, 5.41) is 14.3. The zero-order valence-electron chi connectivity index (χ0n) is 12.0. The number of hydrazone groups is 1. The number of nitrogens with zero attached hydrogens (tertiary/aromatic N) is 1. The van der Waals surface area contributed by atoms with Crippen LogP contribution < -0.4 is 5.43 Å². The third kappa shape index (κ3) is 3.78. The van der Waals surface area contributed by atoms with E-state index in [1.54, 1.807) is 32.0 Å². The van der Waals surface area contributed by atoms with E-state index < -0.39 is 5.91 Å². The maximum Gasteiger partial charge on any atom is 0.272 e. The third-order valence-electron chi connectivity index (χ3n) is 3.07. The van der Waals surface area contributed by atoms with Gasteiger partial charge in [0.1, 0.15) is 5.75 Å². The topological polar surface area (TPSA) is 61.7 Å². The number of halogens is 2. The monoisotopic (exact) mass is 336 g/mol. The Hall–Kier alpha value is -2.04. The van der Waals surface area contributed by atoms with Gasteiger partial charge in [0.15, 0.2) is 0 Å². The van der Waals surface area contributed by atoms with Gasteiger partial charge in [-0.05, 0) is 60.9 Å². The van der Waals surface area contributed by atoms with E-state index in [1.807, 2.05) is 0 Å². The lowest BCUT2D eigenvalue weighted by Gasteiger charge is -2.05. The molecule has 0 fully saturated rings. The Balaban J connectivity index is 2.10. The molecule has 2 aromatic carbocycles. The second kappa shape index (κ2) is 6.81. The van der Waals surface area contributed by atoms with Crippen molar-refractivity contribution in [3.05, 3.63) is 62.6 Å². The number of carbonyl (C=O) groups excluding carboxylic acids is 1. The van der Waals surface area contributed by atoms with Gasteiger partial charge in [0, 0.05) is 5.02 Å². The van der Waals surface area contributed by atoms with Crippen LogP contribution >= 0.6 is 23.2 Å². The zero-order valence-corrected chi connectivity index (χ0v) is 13.5. The van der Waals surface area contributed by atoms with E-state index >= 15 is 0 Å². The molecule has 0 aliphatic carbocycles. The van der Waals surface area contributed by atoms with Crippen LogP contribution in [-0.4, -0.2) is 17.2 Å². The first-order valence-electron chi connectivity index (χ1n) is 6.47. The summed E-state index contributed by atoms with van der Waals surface area (Å²) >= 11 is 11.7. The second-order valence-electron chi connectivity index (χ2n) is 4.83. The highest BCUT2D eigenvalue weighted by molar-refractivity contribution is 6.36. The normalized spacial score (nSPS) is 10.9. The Kier molecular flexibility index (Phi) is 5.06. The number of aromatic hydroxyl groups is 1. The molecular formula is C16H14Cl2N2O2. The summed E-state index contributed by atoms with van der Waals surface area (Å²) in [6.07, 6.45) is 1.50. The summed E-state index contributed by atoms with van der Waals surface area (Å²) in [6, 6.07) is 8.15. The number of benzene rings is 2. The molecule has 0 unspecified atom stereocenters. The number of hydrogen-bond donors (Lipinski definition) is 2. The van der Waals surface area contributed by atoms with Crippen LogP contribution in [0.2, 0.25) is 10.0 Å². The first-order chi connectivity index (χ1) is 10.4. The molecule has 0 atom stereocenters. The van der Waals surface area contributed by atoms with Crippen molar-refractivity contribution in [2.24, 2.45) is 5.10 Å². The fourth-order valence-corrected chi connectivity index (χ4v) is 2.46. The molecular weight excluding hydrogens is 323 g/mol. The number of phenolic OH excluding ortho intramolecular Hbond substituents is 1. The molecule has 1 amide bonds. The van der Waals surface area contributed by atoms with Crippen molar-refractivity contribution < 1.29 is 9.90 Å². The summed E-state index contributed by atoms with van der Waals surface area (Å²) in [5.74, 6) is -0.167. The molecule has 114 valence electrons. The van der Waals surface area contributed by atoms with Crippen molar-refractivity contribution in [1.82, 2.24) is 5.43 Å². The molecule has 2 aromatic rings. The minimum Gasteiger partial charge on any atom is -0.507 e. The Bertz CT molecular complexity index is 735. The largest absolute Gasteiger partial charge is 0.507 e. The van der Waals surface area contributed by atoms with Crippen molar-refractivity contribution in [3.8, 4) is 5.75 Å². The van der Waals surface area contributed by atoms with E-state index in [-0.39, 0.29) is 10.8 Å². The van der Waals surface area contributed by atoms with Crippen molar-refractivity contribution in [3.63, 3.8) is 0 Å². The van der Waals surface area contributed by atoms with Gasteiger partial charge in [0.25, 0.3) is 5.91 Å². The average Bonchev–Trinajstić information content (AvgIpc) is 2.44. The Morgan fingerprint density at radius 1 is 1.18 bits per heavy atom. The van der Waals surface area contributed by atoms with Crippen LogP contribution in [0.25, 0.3) is 0 Å². The summed E-state index contributed by atoms with van der Waals surface area (Å²) in [5.41, 5.74) is 4.96. The predicted octanol–water partition coefficient (Wildman–Crippen LogP) is 4.08. The minimum absolute atomic E-state index is 0.258. The van der Waals surface area contributed by atoms with Gasteiger partial charge < -0.3 is 5.11 Å². The smallest absolute Gasteiger partial charge is 0.272 e. The van der Waals surface area contributed by atoms with Crippen LogP contribution in [0.15, 0.2) is 35.4 Å². The number of nitrogens with one attached hydrogen (secondary N) is 1. The van der Waals surface area contributed by atoms with E-state index in [0.717, 1.165) is 16.7 Å². The van der Waals surface area contributed by atoms with Gasteiger partial charge in [-0.3, -0.25) is 4.79 Å². The van der Waals surface area contributed by atoms with Crippen molar-refractivity contribution >= 4 is 35.3 Å².